The third kappa shape index (κ3) is 3.65. The predicted molar refractivity (Wildman–Crippen MR) is 83.6 cm³/mol. The SMILES string of the molecule is C[C@@H]1CC[C@H](C)N1[C@@H](C)C(=O)NCc1ccc(F)c(CO)c1. The van der Waals surface area contributed by atoms with Gasteiger partial charge < -0.3 is 10.4 Å². The molecule has 1 aliphatic heterocycles. The molecule has 0 saturated carbocycles. The highest BCUT2D eigenvalue weighted by Gasteiger charge is 2.34. The van der Waals surface area contributed by atoms with E-state index in [2.05, 4.69) is 24.1 Å². The number of rotatable bonds is 5. The molecule has 2 rings (SSSR count). The van der Waals surface area contributed by atoms with Crippen LogP contribution >= 0.6 is 0 Å². The number of aliphatic hydroxyl groups excluding tert-OH is 1. The van der Waals surface area contributed by atoms with Crippen LogP contribution in [0.3, 0.4) is 0 Å². The maximum Gasteiger partial charge on any atom is 0.237 e. The lowest BCUT2D eigenvalue weighted by molar-refractivity contribution is -0.127. The highest BCUT2D eigenvalue weighted by atomic mass is 19.1. The van der Waals surface area contributed by atoms with Crippen LogP contribution in [0.25, 0.3) is 0 Å². The molecule has 0 spiro atoms. The summed E-state index contributed by atoms with van der Waals surface area (Å²) >= 11 is 0. The molecule has 2 N–H and O–H groups in total. The molecule has 0 bridgehead atoms. The molecule has 0 aliphatic carbocycles. The van der Waals surface area contributed by atoms with Crippen molar-refractivity contribution in [2.75, 3.05) is 0 Å². The Bertz CT molecular complexity index is 525. The number of nitrogens with one attached hydrogen (secondary N) is 1. The predicted octanol–water partition coefficient (Wildman–Crippen LogP) is 2.20. The van der Waals surface area contributed by atoms with E-state index in [0.717, 1.165) is 18.4 Å². The van der Waals surface area contributed by atoms with Crippen molar-refractivity contribution in [3.05, 3.63) is 35.1 Å². The zero-order chi connectivity index (χ0) is 16.3. The van der Waals surface area contributed by atoms with Gasteiger partial charge in [0.05, 0.1) is 12.6 Å². The Morgan fingerprint density at radius 1 is 1.41 bits per heavy atom. The quantitative estimate of drug-likeness (QED) is 0.877. The van der Waals surface area contributed by atoms with Crippen LogP contribution in [0.4, 0.5) is 4.39 Å². The van der Waals surface area contributed by atoms with E-state index < -0.39 is 5.82 Å². The van der Waals surface area contributed by atoms with Crippen LogP contribution in [0, 0.1) is 5.82 Å². The Morgan fingerprint density at radius 2 is 2.05 bits per heavy atom. The van der Waals surface area contributed by atoms with Crippen LogP contribution in [-0.2, 0) is 17.9 Å². The molecular weight excluding hydrogens is 283 g/mol. The topological polar surface area (TPSA) is 52.6 Å². The minimum atomic E-state index is -0.425. The Morgan fingerprint density at radius 3 is 2.64 bits per heavy atom. The van der Waals surface area contributed by atoms with Gasteiger partial charge in [0, 0.05) is 24.2 Å². The van der Waals surface area contributed by atoms with E-state index in [4.69, 9.17) is 5.11 Å². The van der Waals surface area contributed by atoms with Gasteiger partial charge in [0.25, 0.3) is 0 Å². The summed E-state index contributed by atoms with van der Waals surface area (Å²) in [5.74, 6) is -0.443. The number of benzene rings is 1. The first-order valence-electron chi connectivity index (χ1n) is 7.87. The van der Waals surface area contributed by atoms with Crippen molar-refractivity contribution >= 4 is 5.91 Å². The van der Waals surface area contributed by atoms with E-state index in [1.807, 2.05) is 6.92 Å². The van der Waals surface area contributed by atoms with Crippen LogP contribution in [0.2, 0.25) is 0 Å². The van der Waals surface area contributed by atoms with Gasteiger partial charge in [-0.3, -0.25) is 9.69 Å². The first-order valence-corrected chi connectivity index (χ1v) is 7.87. The number of nitrogens with zero attached hydrogens (tertiary/aromatic N) is 1. The molecule has 1 fully saturated rings. The third-order valence-corrected chi connectivity index (χ3v) is 4.59. The van der Waals surface area contributed by atoms with Crippen LogP contribution < -0.4 is 5.32 Å². The van der Waals surface area contributed by atoms with E-state index in [1.54, 1.807) is 12.1 Å². The number of carbonyl (C=O) groups excluding carboxylic acids is 1. The van der Waals surface area contributed by atoms with Gasteiger partial charge in [-0.05, 0) is 51.3 Å². The van der Waals surface area contributed by atoms with E-state index in [9.17, 15) is 9.18 Å². The fraction of sp³-hybridized carbons (Fsp3) is 0.588. The number of hydrogen-bond donors (Lipinski definition) is 2. The summed E-state index contributed by atoms with van der Waals surface area (Å²) in [6.45, 7) is 6.24. The van der Waals surface area contributed by atoms with E-state index >= 15 is 0 Å². The molecule has 5 heteroatoms. The molecule has 0 unspecified atom stereocenters. The lowest BCUT2D eigenvalue weighted by atomic mass is 10.1. The Labute approximate surface area is 131 Å². The zero-order valence-electron chi connectivity index (χ0n) is 13.5. The molecule has 122 valence electrons. The van der Waals surface area contributed by atoms with Crippen LogP contribution in [0.5, 0.6) is 0 Å². The van der Waals surface area contributed by atoms with Gasteiger partial charge >= 0.3 is 0 Å². The molecular formula is C17H25FN2O2. The van der Waals surface area contributed by atoms with Crippen molar-refractivity contribution in [1.82, 2.24) is 10.2 Å². The molecule has 1 aromatic rings. The molecule has 0 radical (unpaired) electrons. The summed E-state index contributed by atoms with van der Waals surface area (Å²) in [7, 11) is 0. The number of aliphatic hydroxyl groups is 1. The van der Waals surface area contributed by atoms with Crippen molar-refractivity contribution in [2.45, 2.75) is 64.9 Å². The minimum absolute atomic E-state index is 0.0181. The average Bonchev–Trinajstić information content (AvgIpc) is 2.84. The largest absolute Gasteiger partial charge is 0.392 e. The van der Waals surface area contributed by atoms with Gasteiger partial charge in [0.1, 0.15) is 5.82 Å². The first-order chi connectivity index (χ1) is 10.4. The minimum Gasteiger partial charge on any atom is -0.392 e. The number of carbonyl (C=O) groups is 1. The molecule has 0 aromatic heterocycles. The van der Waals surface area contributed by atoms with Gasteiger partial charge in [-0.2, -0.15) is 0 Å². The Hall–Kier alpha value is -1.46. The fourth-order valence-corrected chi connectivity index (χ4v) is 3.31. The normalized spacial score (nSPS) is 23.5. The molecule has 4 nitrogen and oxygen atoms in total. The molecule has 1 saturated heterocycles. The fourth-order valence-electron chi connectivity index (χ4n) is 3.31. The van der Waals surface area contributed by atoms with Gasteiger partial charge in [0.15, 0.2) is 0 Å². The number of amides is 1. The smallest absolute Gasteiger partial charge is 0.237 e. The van der Waals surface area contributed by atoms with Gasteiger partial charge in [-0.25, -0.2) is 4.39 Å². The lowest BCUT2D eigenvalue weighted by Crippen LogP contribution is -2.48. The Balaban J connectivity index is 1.95. The molecule has 1 aliphatic rings. The maximum atomic E-state index is 13.3. The summed E-state index contributed by atoms with van der Waals surface area (Å²) in [5.41, 5.74) is 1.04. The molecule has 1 aromatic carbocycles. The molecule has 1 amide bonds. The molecule has 22 heavy (non-hydrogen) atoms. The zero-order valence-corrected chi connectivity index (χ0v) is 13.5. The van der Waals surface area contributed by atoms with Gasteiger partial charge in [-0.1, -0.05) is 6.07 Å². The van der Waals surface area contributed by atoms with Crippen molar-refractivity contribution in [3.8, 4) is 0 Å². The molecule has 3 atom stereocenters. The number of likely N-dealkylation sites (tertiary alicyclic amines) is 1. The Kier molecular flexibility index (Phi) is 5.53. The summed E-state index contributed by atoms with van der Waals surface area (Å²) in [6, 6.07) is 5.19. The second-order valence-electron chi connectivity index (χ2n) is 6.20. The summed E-state index contributed by atoms with van der Waals surface area (Å²) < 4.78 is 13.3. The monoisotopic (exact) mass is 308 g/mol. The van der Waals surface area contributed by atoms with Crippen molar-refractivity contribution in [3.63, 3.8) is 0 Å². The summed E-state index contributed by atoms with van der Waals surface area (Å²) in [5, 5.41) is 12.0. The van der Waals surface area contributed by atoms with Crippen LogP contribution in [-0.4, -0.2) is 34.0 Å². The van der Waals surface area contributed by atoms with Crippen LogP contribution in [0.15, 0.2) is 18.2 Å². The van der Waals surface area contributed by atoms with Crippen molar-refractivity contribution in [1.29, 1.82) is 0 Å². The van der Waals surface area contributed by atoms with Crippen molar-refractivity contribution < 1.29 is 14.3 Å². The van der Waals surface area contributed by atoms with E-state index in [-0.39, 0.29) is 24.1 Å². The highest BCUT2D eigenvalue weighted by molar-refractivity contribution is 5.81. The van der Waals surface area contributed by atoms with Crippen LogP contribution in [0.1, 0.15) is 44.7 Å². The first kappa shape index (κ1) is 16.9. The van der Waals surface area contributed by atoms with Crippen molar-refractivity contribution in [2.24, 2.45) is 0 Å². The third-order valence-electron chi connectivity index (χ3n) is 4.59. The number of halogens is 1. The highest BCUT2D eigenvalue weighted by Crippen LogP contribution is 2.25. The van der Waals surface area contributed by atoms with Gasteiger partial charge in [0.2, 0.25) is 5.91 Å². The second-order valence-corrected chi connectivity index (χ2v) is 6.20. The lowest BCUT2D eigenvalue weighted by Gasteiger charge is -2.31. The number of hydrogen-bond acceptors (Lipinski definition) is 3. The standard InChI is InChI=1S/C17H25FN2O2/c1-11-4-5-12(2)20(11)13(3)17(22)19-9-14-6-7-16(18)15(8-14)10-21/h6-8,11-13,21H,4-5,9-10H2,1-3H3,(H,19,22)/t11-,12+,13-/m0/s1. The summed E-state index contributed by atoms with van der Waals surface area (Å²) in [4.78, 5) is 14.6. The maximum absolute atomic E-state index is 13.3. The summed E-state index contributed by atoms with van der Waals surface area (Å²) in [6.07, 6.45) is 2.24. The second kappa shape index (κ2) is 7.20. The molecule has 1 heterocycles. The van der Waals surface area contributed by atoms with E-state index in [0.29, 0.717) is 18.6 Å². The van der Waals surface area contributed by atoms with E-state index in [1.165, 1.54) is 6.07 Å². The van der Waals surface area contributed by atoms with Gasteiger partial charge in [-0.15, -0.1) is 0 Å². The average molecular weight is 308 g/mol.